The Morgan fingerprint density at radius 3 is 1.54 bits per heavy atom. The summed E-state index contributed by atoms with van der Waals surface area (Å²) >= 11 is 5.56. The molecule has 0 saturated heterocycles. The van der Waals surface area contributed by atoms with Gasteiger partial charge in [-0.3, -0.25) is 9.59 Å². The van der Waals surface area contributed by atoms with E-state index >= 15 is 0 Å². The molecule has 0 spiro atoms. The summed E-state index contributed by atoms with van der Waals surface area (Å²) in [6, 6.07) is 13.4. The second-order valence-corrected chi connectivity index (χ2v) is 24.1. The van der Waals surface area contributed by atoms with Crippen molar-refractivity contribution in [1.29, 1.82) is 5.26 Å². The Labute approximate surface area is 378 Å². The van der Waals surface area contributed by atoms with Crippen molar-refractivity contribution in [2.24, 2.45) is 11.8 Å². The van der Waals surface area contributed by atoms with E-state index in [2.05, 4.69) is 39.3 Å². The van der Waals surface area contributed by atoms with E-state index in [9.17, 15) is 26.4 Å². The van der Waals surface area contributed by atoms with Gasteiger partial charge in [0.1, 0.15) is 5.40 Å². The normalized spacial score (nSPS) is 15.8. The number of hydrogen-bond donors (Lipinski definition) is 2. The van der Waals surface area contributed by atoms with Crippen molar-refractivity contribution in [3.63, 3.8) is 0 Å². The highest BCUT2D eigenvalue weighted by molar-refractivity contribution is 8.05. The number of anilines is 2. The number of nitrogens with zero attached hydrogens (tertiary/aromatic N) is 4. The van der Waals surface area contributed by atoms with E-state index in [0.717, 1.165) is 95.2 Å². The van der Waals surface area contributed by atoms with Gasteiger partial charge in [0.15, 0.2) is 29.9 Å². The van der Waals surface area contributed by atoms with Gasteiger partial charge >= 0.3 is 0 Å². The number of sulfone groups is 2. The monoisotopic (exact) mass is 944 g/mol. The van der Waals surface area contributed by atoms with Crippen LogP contribution in [-0.2, 0) is 29.3 Å². The quantitative estimate of drug-likeness (QED) is 0.0673. The van der Waals surface area contributed by atoms with E-state index in [4.69, 9.17) is 5.26 Å². The number of rotatable bonds is 19. The third-order valence-corrected chi connectivity index (χ3v) is 17.2. The first-order chi connectivity index (χ1) is 29.2. The van der Waals surface area contributed by atoms with Gasteiger partial charge in [-0.2, -0.15) is 5.26 Å². The number of carbonyl (C=O) groups is 2. The molecule has 2 N–H and O–H groups in total. The minimum absolute atomic E-state index is 0.0666. The predicted molar refractivity (Wildman–Crippen MR) is 249 cm³/mol. The molecule has 2 aliphatic rings. The average Bonchev–Trinajstić information content (AvgIpc) is 4.08. The number of amides is 2. The first kappa shape index (κ1) is 48.7. The van der Waals surface area contributed by atoms with Gasteiger partial charge in [-0.15, -0.1) is 11.8 Å². The molecule has 2 atom stereocenters. The fourth-order valence-corrected chi connectivity index (χ4v) is 12.3. The second kappa shape index (κ2) is 23.4. The minimum atomic E-state index is -3.28. The lowest BCUT2D eigenvalue weighted by molar-refractivity contribution is -0.118. The summed E-state index contributed by atoms with van der Waals surface area (Å²) < 4.78 is 48.9. The molecular weight excluding hydrogens is 889 g/mol. The van der Waals surface area contributed by atoms with Gasteiger partial charge in [0.2, 0.25) is 11.8 Å². The maximum absolute atomic E-state index is 13.3. The molecule has 2 aromatic heterocycles. The Bertz CT molecular complexity index is 2290. The predicted octanol–water partition coefficient (Wildman–Crippen LogP) is 9.71. The van der Waals surface area contributed by atoms with Gasteiger partial charge in [0.25, 0.3) is 0 Å². The van der Waals surface area contributed by atoms with Crippen LogP contribution in [0.2, 0.25) is 0 Å². The zero-order valence-electron chi connectivity index (χ0n) is 35.2. The molecule has 2 aromatic carbocycles. The Hall–Kier alpha value is -3.31. The number of carbonyl (C=O) groups excluding carboxylic acids is 2. The van der Waals surface area contributed by atoms with Crippen molar-refractivity contribution in [2.75, 3.05) is 48.5 Å². The van der Waals surface area contributed by atoms with Crippen molar-refractivity contribution >= 4 is 87.9 Å². The fraction of sp³-hybridized carbons (Fsp3) is 0.512. The maximum Gasteiger partial charge on any atom is 0.233 e. The number of nitrogens with one attached hydrogen (secondary N) is 2. The molecule has 0 unspecified atom stereocenters. The number of hydrogen-bond acceptors (Lipinski definition) is 14. The third kappa shape index (κ3) is 15.2. The van der Waals surface area contributed by atoms with E-state index in [-0.39, 0.29) is 33.4 Å². The Morgan fingerprint density at radius 2 is 1.15 bits per heavy atom. The molecule has 330 valence electrons. The van der Waals surface area contributed by atoms with Crippen LogP contribution >= 0.6 is 46.2 Å². The summed E-state index contributed by atoms with van der Waals surface area (Å²) in [4.78, 5) is 37.8. The van der Waals surface area contributed by atoms with Crippen LogP contribution in [0.4, 0.5) is 10.3 Å². The first-order valence-electron chi connectivity index (χ1n) is 20.7. The Morgan fingerprint density at radius 1 is 0.738 bits per heavy atom. The smallest absolute Gasteiger partial charge is 0.233 e. The maximum atomic E-state index is 13.3. The van der Waals surface area contributed by atoms with E-state index < -0.39 is 19.7 Å². The van der Waals surface area contributed by atoms with Gasteiger partial charge < -0.3 is 15.5 Å². The summed E-state index contributed by atoms with van der Waals surface area (Å²) in [5.41, 5.74) is 1.66. The van der Waals surface area contributed by atoms with Gasteiger partial charge in [-0.1, -0.05) is 112 Å². The van der Waals surface area contributed by atoms with Crippen molar-refractivity contribution < 1.29 is 26.4 Å². The van der Waals surface area contributed by atoms with Crippen LogP contribution in [0.15, 0.2) is 79.1 Å². The van der Waals surface area contributed by atoms with Crippen LogP contribution in [0.3, 0.4) is 0 Å². The minimum Gasteiger partial charge on any atom is -0.303 e. The molecule has 6 rings (SSSR count). The number of nitriles is 1. The molecule has 12 nitrogen and oxygen atoms in total. The topological polar surface area (TPSA) is 179 Å². The van der Waals surface area contributed by atoms with Gasteiger partial charge in [0, 0.05) is 36.6 Å². The lowest BCUT2D eigenvalue weighted by Crippen LogP contribution is -2.25. The number of thiocyanates is 1. The van der Waals surface area contributed by atoms with Gasteiger partial charge in [-0.05, 0) is 73.2 Å². The highest BCUT2D eigenvalue weighted by atomic mass is 32.2. The molecule has 2 aliphatic carbocycles. The highest BCUT2D eigenvalue weighted by Gasteiger charge is 2.29. The number of benzene rings is 2. The first-order valence-corrected chi connectivity index (χ1v) is 27.9. The SMILES string of the molecule is CCN(CC)CCSc1cnc(NC(=O)[C@H](CC2CCCC2)c2ccc(S(C)(=O)=O)cc2)s1.CS(=O)(=O)c1ccc([C@@H](CC2CCCC2)C(=O)Nc2ncc(SC#N)s2)cc1. The van der Waals surface area contributed by atoms with E-state index in [1.54, 1.807) is 66.5 Å². The van der Waals surface area contributed by atoms with Crippen LogP contribution in [0.25, 0.3) is 0 Å². The molecule has 61 heavy (non-hydrogen) atoms. The standard InChI is InChI=1S/C24H35N3O3S3.C19H21N3O3S3/c1-4-27(5-2)14-15-31-22-17-25-24(32-22)26-23(28)21(16-18-8-6-7-9-18)19-10-12-20(13-11-19)33(3,29)30;1-28(24,25)15-8-6-14(7-9-15)16(10-13-4-2-3-5-13)18(23)22-19-21-11-17(27-19)26-12-20/h10-13,17-18,21H,4-9,14-16H2,1-3H3,(H,25,26,28);6-9,11,13,16H,2-5,10H2,1H3,(H,21,22,23)/t21-;16-/m11/s1. The average molecular weight is 945 g/mol. The zero-order chi connectivity index (χ0) is 44.0. The van der Waals surface area contributed by atoms with E-state index in [0.29, 0.717) is 22.1 Å². The van der Waals surface area contributed by atoms with Crippen molar-refractivity contribution in [3.8, 4) is 5.40 Å². The second-order valence-electron chi connectivity index (χ2n) is 15.6. The summed E-state index contributed by atoms with van der Waals surface area (Å²) in [6.45, 7) is 7.48. The van der Waals surface area contributed by atoms with Crippen LogP contribution in [0.5, 0.6) is 0 Å². The van der Waals surface area contributed by atoms with Gasteiger partial charge in [-0.25, -0.2) is 26.8 Å². The zero-order valence-corrected chi connectivity index (χ0v) is 40.1. The lowest BCUT2D eigenvalue weighted by Gasteiger charge is -2.20. The highest BCUT2D eigenvalue weighted by Crippen LogP contribution is 2.38. The number of aromatic nitrogens is 2. The molecule has 0 radical (unpaired) electrons. The fourth-order valence-electron chi connectivity index (χ4n) is 7.84. The summed E-state index contributed by atoms with van der Waals surface area (Å²) in [7, 11) is -6.54. The number of thioether (sulfide) groups is 2. The molecule has 2 heterocycles. The molecule has 18 heteroatoms. The van der Waals surface area contributed by atoms with Gasteiger partial charge in [0.05, 0.1) is 42.4 Å². The summed E-state index contributed by atoms with van der Waals surface area (Å²) in [5.74, 6) is 1.11. The van der Waals surface area contributed by atoms with Crippen LogP contribution < -0.4 is 10.6 Å². The molecule has 2 fully saturated rings. The molecular formula is C43H56N6O6S6. The summed E-state index contributed by atoms with van der Waals surface area (Å²) in [5, 5.41) is 17.7. The van der Waals surface area contributed by atoms with Crippen LogP contribution in [0.1, 0.15) is 101 Å². The largest absolute Gasteiger partial charge is 0.303 e. The molecule has 2 amide bonds. The lowest BCUT2D eigenvalue weighted by atomic mass is 9.87. The van der Waals surface area contributed by atoms with Crippen molar-refractivity contribution in [2.45, 2.75) is 108 Å². The van der Waals surface area contributed by atoms with E-state index in [1.807, 2.05) is 11.6 Å². The summed E-state index contributed by atoms with van der Waals surface area (Å²) in [6.07, 6.45) is 16.6. The molecule has 4 aromatic rings. The van der Waals surface area contributed by atoms with E-state index in [1.165, 1.54) is 60.9 Å². The number of thiazole rings is 2. The van der Waals surface area contributed by atoms with Crippen molar-refractivity contribution in [1.82, 2.24) is 14.9 Å². The Balaban J connectivity index is 0.000000234. The van der Waals surface area contributed by atoms with Crippen LogP contribution in [0, 0.1) is 22.5 Å². The molecule has 2 saturated carbocycles. The third-order valence-electron chi connectivity index (χ3n) is 11.3. The Kier molecular flexibility index (Phi) is 18.7. The van der Waals surface area contributed by atoms with Crippen LogP contribution in [-0.4, -0.2) is 81.4 Å². The molecule has 0 aliphatic heterocycles. The molecule has 0 bridgehead atoms. The van der Waals surface area contributed by atoms with Crippen molar-refractivity contribution in [3.05, 3.63) is 72.1 Å².